The van der Waals surface area contributed by atoms with Gasteiger partial charge in [-0.2, -0.15) is 4.98 Å². The third-order valence-corrected chi connectivity index (χ3v) is 5.19. The first-order valence-corrected chi connectivity index (χ1v) is 9.64. The highest BCUT2D eigenvalue weighted by Crippen LogP contribution is 2.27. The summed E-state index contributed by atoms with van der Waals surface area (Å²) in [4.78, 5) is 6.74. The third-order valence-electron chi connectivity index (χ3n) is 4.27. The van der Waals surface area contributed by atoms with Gasteiger partial charge in [0.1, 0.15) is 0 Å². The van der Waals surface area contributed by atoms with E-state index in [0.29, 0.717) is 10.9 Å². The minimum absolute atomic E-state index is 0.236. The van der Waals surface area contributed by atoms with Crippen LogP contribution in [0.3, 0.4) is 0 Å². The third kappa shape index (κ3) is 4.05. The number of nitrogens with zero attached hydrogens (tertiary/aromatic N) is 4. The van der Waals surface area contributed by atoms with E-state index in [0.717, 1.165) is 41.7 Å². The molecule has 6 nitrogen and oxygen atoms in total. The van der Waals surface area contributed by atoms with Crippen molar-refractivity contribution in [3.05, 3.63) is 48.4 Å². The van der Waals surface area contributed by atoms with E-state index in [-0.39, 0.29) is 5.89 Å². The second kappa shape index (κ2) is 8.82. The fourth-order valence-electron chi connectivity index (χ4n) is 2.78. The molecule has 0 saturated carbocycles. The molecule has 26 heavy (non-hydrogen) atoms. The maximum atomic E-state index is 9.34. The SMILES string of the molecule is CCN(CC)CCSC(=NO)c1nc(-c2cccc3ccccc23)no1. The molecular weight excluding hydrogens is 348 g/mol. The summed E-state index contributed by atoms with van der Waals surface area (Å²) in [6.07, 6.45) is 0. The predicted octanol–water partition coefficient (Wildman–Crippen LogP) is 4.10. The molecule has 0 amide bonds. The van der Waals surface area contributed by atoms with E-state index in [9.17, 15) is 5.21 Å². The second-order valence-corrected chi connectivity index (χ2v) is 6.81. The summed E-state index contributed by atoms with van der Waals surface area (Å²) in [5, 5.41) is 19.3. The largest absolute Gasteiger partial charge is 0.410 e. The lowest BCUT2D eigenvalue weighted by molar-refractivity contribution is 0.317. The predicted molar refractivity (Wildman–Crippen MR) is 106 cm³/mol. The molecule has 0 saturated heterocycles. The molecule has 1 N–H and O–H groups in total. The van der Waals surface area contributed by atoms with Gasteiger partial charge < -0.3 is 14.6 Å². The van der Waals surface area contributed by atoms with Gasteiger partial charge >= 0.3 is 0 Å². The molecule has 0 bridgehead atoms. The highest BCUT2D eigenvalue weighted by Gasteiger charge is 2.17. The summed E-state index contributed by atoms with van der Waals surface area (Å²) in [6.45, 7) is 7.15. The number of oxime groups is 1. The minimum atomic E-state index is 0.236. The Hall–Kier alpha value is -2.38. The lowest BCUT2D eigenvalue weighted by atomic mass is 10.0. The van der Waals surface area contributed by atoms with Gasteiger partial charge in [0.25, 0.3) is 5.89 Å². The molecular formula is C19H22N4O2S. The zero-order valence-corrected chi connectivity index (χ0v) is 15.7. The van der Waals surface area contributed by atoms with Crippen LogP contribution in [-0.4, -0.2) is 50.7 Å². The maximum Gasteiger partial charge on any atom is 0.286 e. The molecule has 2 aromatic carbocycles. The molecule has 0 unspecified atom stereocenters. The highest BCUT2D eigenvalue weighted by atomic mass is 32.2. The Bertz CT molecular complexity index is 885. The molecule has 136 valence electrons. The van der Waals surface area contributed by atoms with Crippen LogP contribution in [0.5, 0.6) is 0 Å². The van der Waals surface area contributed by atoms with Crippen molar-refractivity contribution in [3.63, 3.8) is 0 Å². The van der Waals surface area contributed by atoms with Gasteiger partial charge in [0.15, 0.2) is 0 Å². The van der Waals surface area contributed by atoms with Gasteiger partial charge in [0, 0.05) is 17.9 Å². The van der Waals surface area contributed by atoms with E-state index in [4.69, 9.17) is 4.52 Å². The topological polar surface area (TPSA) is 74.8 Å². The number of hydrogen-bond acceptors (Lipinski definition) is 7. The Labute approximate surface area is 156 Å². The van der Waals surface area contributed by atoms with Crippen molar-refractivity contribution in [3.8, 4) is 11.4 Å². The van der Waals surface area contributed by atoms with E-state index >= 15 is 0 Å². The first-order chi connectivity index (χ1) is 12.8. The van der Waals surface area contributed by atoms with Gasteiger partial charge in [-0.15, -0.1) is 0 Å². The Morgan fingerprint density at radius 3 is 2.69 bits per heavy atom. The van der Waals surface area contributed by atoms with E-state index in [1.165, 1.54) is 11.8 Å². The Morgan fingerprint density at radius 2 is 1.92 bits per heavy atom. The summed E-state index contributed by atoms with van der Waals surface area (Å²) >= 11 is 1.41. The fraction of sp³-hybridized carbons (Fsp3) is 0.316. The molecule has 1 heterocycles. The fourth-order valence-corrected chi connectivity index (χ4v) is 3.59. The van der Waals surface area contributed by atoms with Crippen molar-refractivity contribution in [1.82, 2.24) is 15.0 Å². The Morgan fingerprint density at radius 1 is 1.15 bits per heavy atom. The second-order valence-electron chi connectivity index (χ2n) is 5.73. The number of hydrogen-bond donors (Lipinski definition) is 1. The molecule has 3 rings (SSSR count). The normalized spacial score (nSPS) is 12.2. The minimum Gasteiger partial charge on any atom is -0.410 e. The van der Waals surface area contributed by atoms with Crippen LogP contribution in [-0.2, 0) is 0 Å². The molecule has 3 aromatic rings. The quantitative estimate of drug-likeness (QED) is 0.292. The van der Waals surface area contributed by atoms with Gasteiger partial charge in [-0.05, 0) is 23.9 Å². The zero-order chi connectivity index (χ0) is 18.4. The van der Waals surface area contributed by atoms with Crippen LogP contribution in [0.2, 0.25) is 0 Å². The van der Waals surface area contributed by atoms with Crippen molar-refractivity contribution < 1.29 is 9.73 Å². The molecule has 1 aromatic heterocycles. The van der Waals surface area contributed by atoms with E-state index in [2.05, 4.69) is 34.0 Å². The van der Waals surface area contributed by atoms with Crippen LogP contribution in [0, 0.1) is 0 Å². The van der Waals surface area contributed by atoms with E-state index < -0.39 is 0 Å². The van der Waals surface area contributed by atoms with Gasteiger partial charge in [-0.25, -0.2) is 0 Å². The number of thioether (sulfide) groups is 1. The number of rotatable bonds is 7. The van der Waals surface area contributed by atoms with E-state index in [1.807, 2.05) is 42.5 Å². The van der Waals surface area contributed by atoms with Crippen LogP contribution in [0.1, 0.15) is 19.7 Å². The van der Waals surface area contributed by atoms with Crippen LogP contribution in [0.4, 0.5) is 0 Å². The Kier molecular flexibility index (Phi) is 6.25. The molecule has 7 heteroatoms. The van der Waals surface area contributed by atoms with Crippen LogP contribution in [0.15, 0.2) is 52.1 Å². The van der Waals surface area contributed by atoms with Crippen LogP contribution < -0.4 is 0 Å². The molecule has 0 aliphatic heterocycles. The van der Waals surface area contributed by atoms with Gasteiger partial charge in [-0.3, -0.25) is 0 Å². The van der Waals surface area contributed by atoms with Crippen molar-refractivity contribution >= 4 is 27.6 Å². The number of aromatic nitrogens is 2. The first-order valence-electron chi connectivity index (χ1n) is 8.66. The van der Waals surface area contributed by atoms with Crippen molar-refractivity contribution in [2.45, 2.75) is 13.8 Å². The Balaban J connectivity index is 1.78. The summed E-state index contributed by atoms with van der Waals surface area (Å²) in [5.74, 6) is 1.51. The summed E-state index contributed by atoms with van der Waals surface area (Å²) in [6, 6.07) is 14.0. The smallest absolute Gasteiger partial charge is 0.286 e. The average Bonchev–Trinajstić information content (AvgIpc) is 3.17. The average molecular weight is 370 g/mol. The van der Waals surface area contributed by atoms with Gasteiger partial charge in [0.05, 0.1) is 0 Å². The molecule has 0 fully saturated rings. The molecule has 0 radical (unpaired) electrons. The lowest BCUT2D eigenvalue weighted by Crippen LogP contribution is -2.25. The summed E-state index contributed by atoms with van der Waals surface area (Å²) < 4.78 is 5.34. The molecule has 0 aliphatic carbocycles. The number of benzene rings is 2. The zero-order valence-electron chi connectivity index (χ0n) is 14.9. The maximum absolute atomic E-state index is 9.34. The lowest BCUT2D eigenvalue weighted by Gasteiger charge is -2.16. The summed E-state index contributed by atoms with van der Waals surface area (Å²) in [5.41, 5.74) is 0.892. The molecule has 0 atom stereocenters. The van der Waals surface area contributed by atoms with E-state index in [1.54, 1.807) is 0 Å². The van der Waals surface area contributed by atoms with Crippen molar-refractivity contribution in [2.75, 3.05) is 25.4 Å². The van der Waals surface area contributed by atoms with Crippen LogP contribution >= 0.6 is 11.8 Å². The first kappa shape index (κ1) is 18.4. The summed E-state index contributed by atoms with van der Waals surface area (Å²) in [7, 11) is 0. The molecule has 0 spiro atoms. The monoisotopic (exact) mass is 370 g/mol. The van der Waals surface area contributed by atoms with Crippen molar-refractivity contribution in [1.29, 1.82) is 0 Å². The van der Waals surface area contributed by atoms with Gasteiger partial charge in [-0.1, -0.05) is 78.4 Å². The van der Waals surface area contributed by atoms with Crippen LogP contribution in [0.25, 0.3) is 22.2 Å². The highest BCUT2D eigenvalue weighted by molar-refractivity contribution is 8.14. The standard InChI is InChI=1S/C19H22N4O2S/c1-3-23(4-2)12-13-26-19(21-24)18-20-17(22-25-18)16-11-7-9-14-8-5-6-10-15(14)16/h5-11,24H,3-4,12-13H2,1-2H3. The molecule has 0 aliphatic rings. The number of fused-ring (bicyclic) bond motifs is 1. The van der Waals surface area contributed by atoms with Gasteiger partial charge in [0.2, 0.25) is 10.9 Å². The van der Waals surface area contributed by atoms with Crippen molar-refractivity contribution in [2.24, 2.45) is 5.16 Å².